The van der Waals surface area contributed by atoms with E-state index in [4.69, 9.17) is 11.6 Å². The lowest BCUT2D eigenvalue weighted by Crippen LogP contribution is -2.24. The minimum Gasteiger partial charge on any atom is -0.358 e. The van der Waals surface area contributed by atoms with Crippen LogP contribution in [0.1, 0.15) is 52.8 Å². The molecule has 0 bridgehead atoms. The van der Waals surface area contributed by atoms with Gasteiger partial charge in [-0.05, 0) is 23.8 Å². The van der Waals surface area contributed by atoms with Crippen molar-refractivity contribution in [2.75, 3.05) is 0 Å². The van der Waals surface area contributed by atoms with Crippen molar-refractivity contribution < 1.29 is 4.79 Å². The SMILES string of the molecule is CC(C)(C)C(=O)Cc1c(C(C)(C)C)[nH]c2ccc(Cl)cc12. The second-order valence-electron chi connectivity index (χ2n) is 7.77. The summed E-state index contributed by atoms with van der Waals surface area (Å²) < 4.78 is 0. The number of fused-ring (bicyclic) bond motifs is 1. The van der Waals surface area contributed by atoms with E-state index in [9.17, 15) is 4.79 Å². The van der Waals surface area contributed by atoms with Crippen molar-refractivity contribution in [2.45, 2.75) is 53.4 Å². The summed E-state index contributed by atoms with van der Waals surface area (Å²) in [5.74, 6) is 0.244. The number of aromatic nitrogens is 1. The molecule has 1 heterocycles. The molecule has 0 saturated carbocycles. The smallest absolute Gasteiger partial charge is 0.142 e. The third-order valence-electron chi connectivity index (χ3n) is 3.79. The van der Waals surface area contributed by atoms with Gasteiger partial charge in [-0.1, -0.05) is 53.1 Å². The Morgan fingerprint density at radius 3 is 2.29 bits per heavy atom. The Morgan fingerprint density at radius 2 is 1.76 bits per heavy atom. The molecule has 2 nitrogen and oxygen atoms in total. The maximum Gasteiger partial charge on any atom is 0.142 e. The maximum atomic E-state index is 12.5. The van der Waals surface area contributed by atoms with Crippen LogP contribution in [0.3, 0.4) is 0 Å². The van der Waals surface area contributed by atoms with Gasteiger partial charge in [-0.15, -0.1) is 0 Å². The van der Waals surface area contributed by atoms with Crippen LogP contribution >= 0.6 is 11.6 Å². The number of Topliss-reactive ketones (excluding diaryl/α,β-unsaturated/α-hetero) is 1. The summed E-state index contributed by atoms with van der Waals surface area (Å²) in [6, 6.07) is 5.81. The number of aromatic amines is 1. The lowest BCUT2D eigenvalue weighted by atomic mass is 9.83. The molecule has 21 heavy (non-hydrogen) atoms. The van der Waals surface area contributed by atoms with Crippen LogP contribution in [0.15, 0.2) is 18.2 Å². The fourth-order valence-corrected chi connectivity index (χ4v) is 2.64. The van der Waals surface area contributed by atoms with E-state index in [2.05, 4.69) is 25.8 Å². The average molecular weight is 306 g/mol. The average Bonchev–Trinajstić information content (AvgIpc) is 2.66. The van der Waals surface area contributed by atoms with Gasteiger partial charge in [-0.25, -0.2) is 0 Å². The van der Waals surface area contributed by atoms with E-state index in [1.165, 1.54) is 0 Å². The van der Waals surface area contributed by atoms with Crippen LogP contribution < -0.4 is 0 Å². The summed E-state index contributed by atoms with van der Waals surface area (Å²) in [6.45, 7) is 12.4. The Hall–Kier alpha value is -1.28. The zero-order valence-electron chi connectivity index (χ0n) is 13.7. The standard InChI is InChI=1S/C18H24ClNO/c1-17(2,3)15(21)10-13-12-9-11(19)7-8-14(12)20-16(13)18(4,5)6/h7-9,20H,10H2,1-6H3. The quantitative estimate of drug-likeness (QED) is 0.804. The molecule has 0 aliphatic carbocycles. The minimum atomic E-state index is -0.336. The summed E-state index contributed by atoms with van der Waals surface area (Å²) >= 11 is 6.14. The van der Waals surface area contributed by atoms with Crippen LogP contribution in [-0.2, 0) is 16.6 Å². The highest BCUT2D eigenvalue weighted by Crippen LogP contribution is 2.34. The Labute approximate surface area is 131 Å². The topological polar surface area (TPSA) is 32.9 Å². The molecule has 114 valence electrons. The zero-order chi connectivity index (χ0) is 16.0. The van der Waals surface area contributed by atoms with Crippen molar-refractivity contribution in [3.63, 3.8) is 0 Å². The second kappa shape index (κ2) is 5.17. The largest absolute Gasteiger partial charge is 0.358 e. The van der Waals surface area contributed by atoms with Crippen molar-refractivity contribution in [2.24, 2.45) is 5.41 Å². The van der Waals surface area contributed by atoms with Crippen LogP contribution in [0.25, 0.3) is 10.9 Å². The first-order chi connectivity index (χ1) is 9.50. The Kier molecular flexibility index (Phi) is 3.96. The van der Waals surface area contributed by atoms with Gasteiger partial charge in [0.1, 0.15) is 5.78 Å². The monoisotopic (exact) mass is 305 g/mol. The molecule has 1 N–H and O–H groups in total. The lowest BCUT2D eigenvalue weighted by molar-refractivity contribution is -0.125. The number of carbonyl (C=O) groups excluding carboxylic acids is 1. The zero-order valence-corrected chi connectivity index (χ0v) is 14.5. The number of hydrogen-bond donors (Lipinski definition) is 1. The number of halogens is 1. The molecular formula is C18H24ClNO. The highest BCUT2D eigenvalue weighted by molar-refractivity contribution is 6.31. The fourth-order valence-electron chi connectivity index (χ4n) is 2.47. The molecular weight excluding hydrogens is 282 g/mol. The molecule has 0 amide bonds. The van der Waals surface area contributed by atoms with Gasteiger partial charge in [0.2, 0.25) is 0 Å². The van der Waals surface area contributed by atoms with E-state index < -0.39 is 0 Å². The van der Waals surface area contributed by atoms with E-state index in [1.54, 1.807) is 0 Å². The second-order valence-corrected chi connectivity index (χ2v) is 8.20. The summed E-state index contributed by atoms with van der Waals surface area (Å²) in [5, 5.41) is 1.76. The van der Waals surface area contributed by atoms with Gasteiger partial charge >= 0.3 is 0 Å². The van der Waals surface area contributed by atoms with Gasteiger partial charge in [-0.3, -0.25) is 4.79 Å². The number of nitrogens with one attached hydrogen (secondary N) is 1. The molecule has 1 aromatic carbocycles. The molecule has 0 aliphatic rings. The van der Waals surface area contributed by atoms with Gasteiger partial charge in [0.05, 0.1) is 0 Å². The summed E-state index contributed by atoms with van der Waals surface area (Å²) in [7, 11) is 0. The first-order valence-corrected chi connectivity index (χ1v) is 7.72. The predicted octanol–water partition coefficient (Wildman–Crippen LogP) is 5.28. The Bertz CT molecular complexity index is 684. The molecule has 0 atom stereocenters. The first kappa shape index (κ1) is 16.1. The highest BCUT2D eigenvalue weighted by atomic mass is 35.5. The predicted molar refractivity (Wildman–Crippen MR) is 90.2 cm³/mol. The molecule has 0 aliphatic heterocycles. The van der Waals surface area contributed by atoms with Crippen molar-refractivity contribution in [1.29, 1.82) is 0 Å². The van der Waals surface area contributed by atoms with Crippen LogP contribution in [0, 0.1) is 5.41 Å². The normalized spacial score (nSPS) is 12.9. The summed E-state index contributed by atoms with van der Waals surface area (Å²) in [6.07, 6.45) is 0.441. The van der Waals surface area contributed by atoms with E-state index in [0.717, 1.165) is 22.2 Å². The first-order valence-electron chi connectivity index (χ1n) is 7.34. The highest BCUT2D eigenvalue weighted by Gasteiger charge is 2.28. The fraction of sp³-hybridized carbons (Fsp3) is 0.500. The maximum absolute atomic E-state index is 12.5. The number of ketones is 1. The van der Waals surface area contributed by atoms with Crippen LogP contribution in [-0.4, -0.2) is 10.8 Å². The number of benzene rings is 1. The van der Waals surface area contributed by atoms with Gasteiger partial charge in [0, 0.05) is 38.9 Å². The Balaban J connectivity index is 2.63. The number of carbonyl (C=O) groups is 1. The molecule has 2 aromatic rings. The van der Waals surface area contributed by atoms with E-state index in [-0.39, 0.29) is 16.6 Å². The van der Waals surface area contributed by atoms with Crippen molar-refractivity contribution in [3.8, 4) is 0 Å². The molecule has 0 radical (unpaired) electrons. The number of H-pyrrole nitrogens is 1. The lowest BCUT2D eigenvalue weighted by Gasteiger charge is -2.22. The van der Waals surface area contributed by atoms with Crippen LogP contribution in [0.2, 0.25) is 5.02 Å². The molecule has 0 saturated heterocycles. The van der Waals surface area contributed by atoms with Crippen LogP contribution in [0.4, 0.5) is 0 Å². The molecule has 0 spiro atoms. The molecule has 3 heteroatoms. The van der Waals surface area contributed by atoms with Gasteiger partial charge in [-0.2, -0.15) is 0 Å². The summed E-state index contributed by atoms with van der Waals surface area (Å²) in [4.78, 5) is 16.0. The van der Waals surface area contributed by atoms with Crippen molar-refractivity contribution in [1.82, 2.24) is 4.98 Å². The molecule has 0 unspecified atom stereocenters. The van der Waals surface area contributed by atoms with E-state index >= 15 is 0 Å². The van der Waals surface area contributed by atoms with Gasteiger partial charge < -0.3 is 4.98 Å². The Morgan fingerprint density at radius 1 is 1.14 bits per heavy atom. The van der Waals surface area contributed by atoms with E-state index in [0.29, 0.717) is 11.4 Å². The van der Waals surface area contributed by atoms with Gasteiger partial charge in [0.25, 0.3) is 0 Å². The number of rotatable bonds is 2. The molecule has 2 rings (SSSR count). The van der Waals surface area contributed by atoms with Crippen molar-refractivity contribution >= 4 is 28.3 Å². The third kappa shape index (κ3) is 3.32. The minimum absolute atomic E-state index is 0.0427. The molecule has 1 aromatic heterocycles. The summed E-state index contributed by atoms with van der Waals surface area (Å²) in [5.41, 5.74) is 2.87. The van der Waals surface area contributed by atoms with E-state index in [1.807, 2.05) is 39.0 Å². The molecule has 0 fully saturated rings. The van der Waals surface area contributed by atoms with Crippen molar-refractivity contribution in [3.05, 3.63) is 34.5 Å². The number of hydrogen-bond acceptors (Lipinski definition) is 1. The van der Waals surface area contributed by atoms with Gasteiger partial charge in [0.15, 0.2) is 0 Å². The third-order valence-corrected chi connectivity index (χ3v) is 4.03. The van der Waals surface area contributed by atoms with Crippen LogP contribution in [0.5, 0.6) is 0 Å².